The van der Waals surface area contributed by atoms with Gasteiger partial charge >= 0.3 is 5.97 Å². The Labute approximate surface area is 116 Å². The van der Waals surface area contributed by atoms with Gasteiger partial charge in [-0.15, -0.1) is 0 Å². The molecule has 3 N–H and O–H groups in total. The highest BCUT2D eigenvalue weighted by atomic mass is 16.5. The van der Waals surface area contributed by atoms with E-state index in [0.29, 0.717) is 13.0 Å². The molecule has 0 bridgehead atoms. The Morgan fingerprint density at radius 3 is 2.85 bits per heavy atom. The molecule has 0 aliphatic carbocycles. The van der Waals surface area contributed by atoms with Gasteiger partial charge in [-0.1, -0.05) is 24.3 Å². The van der Waals surface area contributed by atoms with E-state index in [2.05, 4.69) is 0 Å². The molecule has 2 aliphatic rings. The van der Waals surface area contributed by atoms with Crippen LogP contribution in [-0.2, 0) is 20.7 Å². The van der Waals surface area contributed by atoms with Gasteiger partial charge < -0.3 is 20.5 Å². The van der Waals surface area contributed by atoms with Crippen LogP contribution >= 0.6 is 0 Å². The van der Waals surface area contributed by atoms with E-state index in [4.69, 9.17) is 10.5 Å². The van der Waals surface area contributed by atoms with Crippen LogP contribution in [0, 0.1) is 0 Å². The number of carboxylic acids is 1. The third kappa shape index (κ3) is 1.97. The number of rotatable bonds is 1. The molecule has 0 unspecified atom stereocenters. The van der Waals surface area contributed by atoms with E-state index in [9.17, 15) is 14.7 Å². The van der Waals surface area contributed by atoms with Crippen LogP contribution in [0.5, 0.6) is 0 Å². The second-order valence-corrected chi connectivity index (χ2v) is 5.16. The van der Waals surface area contributed by atoms with Crippen LogP contribution < -0.4 is 5.73 Å². The zero-order valence-corrected chi connectivity index (χ0v) is 10.9. The Kier molecular flexibility index (Phi) is 3.19. The summed E-state index contributed by atoms with van der Waals surface area (Å²) in [5.41, 5.74) is 7.85. The second kappa shape index (κ2) is 4.88. The quantitative estimate of drug-likeness (QED) is 0.748. The van der Waals surface area contributed by atoms with E-state index in [0.717, 1.165) is 11.1 Å². The van der Waals surface area contributed by atoms with Gasteiger partial charge in [0.05, 0.1) is 25.3 Å². The lowest BCUT2D eigenvalue weighted by molar-refractivity contribution is -0.164. The fourth-order valence-electron chi connectivity index (χ4n) is 2.97. The number of nitrogens with two attached hydrogens (primary N) is 1. The fourth-order valence-corrected chi connectivity index (χ4v) is 2.97. The van der Waals surface area contributed by atoms with E-state index < -0.39 is 18.1 Å². The number of aliphatic carboxylic acids is 1. The summed E-state index contributed by atoms with van der Waals surface area (Å²) in [6, 6.07) is 5.55. The molecule has 1 amide bonds. The number of ether oxygens (including phenoxy) is 1. The van der Waals surface area contributed by atoms with Crippen molar-refractivity contribution in [2.24, 2.45) is 5.73 Å². The van der Waals surface area contributed by atoms with Crippen LogP contribution in [0.3, 0.4) is 0 Å². The third-order valence-electron chi connectivity index (χ3n) is 3.93. The van der Waals surface area contributed by atoms with Gasteiger partial charge in [-0.3, -0.25) is 4.79 Å². The molecule has 1 saturated heterocycles. The molecule has 0 aromatic heterocycles. The van der Waals surface area contributed by atoms with Crippen LogP contribution in [0.15, 0.2) is 24.3 Å². The molecule has 1 aromatic rings. The van der Waals surface area contributed by atoms with Gasteiger partial charge in [0.2, 0.25) is 5.91 Å². The Morgan fingerprint density at radius 2 is 2.10 bits per heavy atom. The predicted molar refractivity (Wildman–Crippen MR) is 70.0 cm³/mol. The number of benzene rings is 1. The molecule has 2 heterocycles. The zero-order chi connectivity index (χ0) is 14.3. The van der Waals surface area contributed by atoms with Crippen molar-refractivity contribution in [2.75, 3.05) is 13.2 Å². The Bertz CT molecular complexity index is 560. The van der Waals surface area contributed by atoms with Crippen LogP contribution in [0.2, 0.25) is 0 Å². The average Bonchev–Trinajstić information content (AvgIpc) is 2.55. The van der Waals surface area contributed by atoms with Crippen molar-refractivity contribution in [1.82, 2.24) is 4.90 Å². The largest absolute Gasteiger partial charge is 0.480 e. The molecule has 20 heavy (non-hydrogen) atoms. The minimum Gasteiger partial charge on any atom is -0.480 e. The number of carbonyl (C=O) groups is 2. The number of hydrogen-bond donors (Lipinski definition) is 2. The fraction of sp³-hybridized carbons (Fsp3) is 0.429. The molecule has 3 atom stereocenters. The standard InChI is InChI=1S/C14H16N2O4/c15-10-5-8-3-1-2-4-9(8)11-6-20-7-12(14(18)19)16(11)13(10)17/h1-4,10-12H,5-7,15H2,(H,18,19)/t10-,11+,12-/m1/s1. The van der Waals surface area contributed by atoms with Crippen molar-refractivity contribution in [1.29, 1.82) is 0 Å². The lowest BCUT2D eigenvalue weighted by Gasteiger charge is -2.40. The van der Waals surface area contributed by atoms with Crippen LogP contribution in [0.4, 0.5) is 0 Å². The summed E-state index contributed by atoms with van der Waals surface area (Å²) in [7, 11) is 0. The van der Waals surface area contributed by atoms with Gasteiger partial charge in [-0.2, -0.15) is 0 Å². The van der Waals surface area contributed by atoms with Crippen molar-refractivity contribution in [2.45, 2.75) is 24.5 Å². The summed E-state index contributed by atoms with van der Waals surface area (Å²) < 4.78 is 5.39. The molecular weight excluding hydrogens is 260 g/mol. The highest BCUT2D eigenvalue weighted by Crippen LogP contribution is 2.33. The number of morpholine rings is 1. The number of fused-ring (bicyclic) bond motifs is 3. The van der Waals surface area contributed by atoms with Crippen LogP contribution in [0.1, 0.15) is 17.2 Å². The van der Waals surface area contributed by atoms with Gasteiger partial charge in [-0.25, -0.2) is 4.79 Å². The van der Waals surface area contributed by atoms with E-state index in [1.54, 1.807) is 0 Å². The number of nitrogens with zero attached hydrogens (tertiary/aromatic N) is 1. The van der Waals surface area contributed by atoms with E-state index in [1.165, 1.54) is 4.90 Å². The summed E-state index contributed by atoms with van der Waals surface area (Å²) in [5, 5.41) is 9.31. The summed E-state index contributed by atoms with van der Waals surface area (Å²) in [6.45, 7) is 0.311. The highest BCUT2D eigenvalue weighted by molar-refractivity contribution is 5.88. The smallest absolute Gasteiger partial charge is 0.328 e. The second-order valence-electron chi connectivity index (χ2n) is 5.16. The summed E-state index contributed by atoms with van der Waals surface area (Å²) in [6.07, 6.45) is 0.425. The van der Waals surface area contributed by atoms with Gasteiger partial charge in [-0.05, 0) is 17.5 Å². The molecular formula is C14H16N2O4. The zero-order valence-electron chi connectivity index (χ0n) is 10.9. The van der Waals surface area contributed by atoms with E-state index >= 15 is 0 Å². The van der Waals surface area contributed by atoms with Crippen molar-refractivity contribution >= 4 is 11.9 Å². The highest BCUT2D eigenvalue weighted by Gasteiger charge is 2.43. The van der Waals surface area contributed by atoms with Gasteiger partial charge in [0, 0.05) is 0 Å². The van der Waals surface area contributed by atoms with Gasteiger partial charge in [0.25, 0.3) is 0 Å². The summed E-state index contributed by atoms with van der Waals surface area (Å²) in [4.78, 5) is 25.2. The lowest BCUT2D eigenvalue weighted by atomic mass is 9.97. The summed E-state index contributed by atoms with van der Waals surface area (Å²) >= 11 is 0. The molecule has 1 aromatic carbocycles. The predicted octanol–water partition coefficient (Wildman–Crippen LogP) is -0.0769. The van der Waals surface area contributed by atoms with Gasteiger partial charge in [0.1, 0.15) is 0 Å². The summed E-state index contributed by atoms with van der Waals surface area (Å²) in [5.74, 6) is -1.38. The van der Waals surface area contributed by atoms with E-state index in [1.807, 2.05) is 24.3 Å². The monoisotopic (exact) mass is 276 g/mol. The lowest BCUT2D eigenvalue weighted by Crippen LogP contribution is -2.57. The molecule has 0 saturated carbocycles. The van der Waals surface area contributed by atoms with Crippen LogP contribution in [-0.4, -0.2) is 47.2 Å². The van der Waals surface area contributed by atoms with Gasteiger partial charge in [0.15, 0.2) is 6.04 Å². The molecule has 0 radical (unpaired) electrons. The average molecular weight is 276 g/mol. The molecule has 2 aliphatic heterocycles. The minimum absolute atomic E-state index is 0.00641. The normalized spacial score (nSPS) is 29.4. The molecule has 1 fully saturated rings. The van der Waals surface area contributed by atoms with Crippen molar-refractivity contribution in [3.63, 3.8) is 0 Å². The molecule has 6 nitrogen and oxygen atoms in total. The Balaban J connectivity index is 2.10. The molecule has 6 heteroatoms. The van der Waals surface area contributed by atoms with Crippen molar-refractivity contribution < 1.29 is 19.4 Å². The maximum atomic E-state index is 12.4. The first-order chi connectivity index (χ1) is 9.59. The number of amides is 1. The van der Waals surface area contributed by atoms with Crippen molar-refractivity contribution in [3.05, 3.63) is 35.4 Å². The van der Waals surface area contributed by atoms with Crippen LogP contribution in [0.25, 0.3) is 0 Å². The van der Waals surface area contributed by atoms with E-state index in [-0.39, 0.29) is 18.6 Å². The Morgan fingerprint density at radius 1 is 1.35 bits per heavy atom. The first kappa shape index (κ1) is 13.1. The Hall–Kier alpha value is -1.92. The third-order valence-corrected chi connectivity index (χ3v) is 3.93. The molecule has 0 spiro atoms. The number of carbonyl (C=O) groups excluding carboxylic acids is 1. The maximum absolute atomic E-state index is 12.4. The van der Waals surface area contributed by atoms with Crippen molar-refractivity contribution in [3.8, 4) is 0 Å². The maximum Gasteiger partial charge on any atom is 0.328 e. The minimum atomic E-state index is -1.06. The first-order valence-corrected chi connectivity index (χ1v) is 6.55. The topological polar surface area (TPSA) is 92.9 Å². The number of hydrogen-bond acceptors (Lipinski definition) is 4. The molecule has 3 rings (SSSR count). The molecule has 106 valence electrons. The first-order valence-electron chi connectivity index (χ1n) is 6.55. The SMILES string of the molecule is N[C@@H]1Cc2ccccc2[C@@H]2COC[C@H](C(=O)O)N2C1=O. The number of carboxylic acid groups (broad SMARTS) is 1.